The molecule has 7 nitrogen and oxygen atoms in total. The molecule has 0 heterocycles. The van der Waals surface area contributed by atoms with Crippen molar-refractivity contribution in [2.75, 3.05) is 10.8 Å². The molecule has 0 radical (unpaired) electrons. The minimum Gasteiger partial charge on any atom is -0.352 e. The predicted octanol–water partition coefficient (Wildman–Crippen LogP) is 5.84. The van der Waals surface area contributed by atoms with Crippen molar-refractivity contribution in [3.63, 3.8) is 0 Å². The Hall–Kier alpha value is -3.65. The van der Waals surface area contributed by atoms with Crippen LogP contribution in [0.3, 0.4) is 0 Å². The number of nitrogens with zero attached hydrogens (tertiary/aromatic N) is 2. The Morgan fingerprint density at radius 2 is 1.39 bits per heavy atom. The van der Waals surface area contributed by atoms with Crippen LogP contribution < -0.4 is 9.62 Å². The molecule has 2 amide bonds. The zero-order chi connectivity index (χ0) is 30.3. The first-order valence-electron chi connectivity index (χ1n) is 14.2. The van der Waals surface area contributed by atoms with Gasteiger partial charge in [0.1, 0.15) is 12.6 Å². The summed E-state index contributed by atoms with van der Waals surface area (Å²) in [5.41, 5.74) is 5.20. The summed E-state index contributed by atoms with van der Waals surface area (Å²) in [6.45, 7) is 13.2. The number of carbonyl (C=O) groups excluding carboxylic acids is 2. The fourth-order valence-electron chi connectivity index (χ4n) is 4.50. The molecule has 8 heteroatoms. The Morgan fingerprint density at radius 1 is 0.805 bits per heavy atom. The first-order valence-corrected chi connectivity index (χ1v) is 15.6. The van der Waals surface area contributed by atoms with Crippen molar-refractivity contribution in [3.8, 4) is 0 Å². The molecule has 0 fully saturated rings. The first kappa shape index (κ1) is 31.9. The zero-order valence-corrected chi connectivity index (χ0v) is 26.1. The summed E-state index contributed by atoms with van der Waals surface area (Å²) in [5, 5.41) is 3.01. The average molecular weight is 578 g/mol. The van der Waals surface area contributed by atoms with Crippen LogP contribution in [-0.4, -0.2) is 43.8 Å². The second-order valence-corrected chi connectivity index (χ2v) is 12.7. The highest BCUT2D eigenvalue weighted by Gasteiger charge is 2.34. The van der Waals surface area contributed by atoms with Gasteiger partial charge in [-0.3, -0.25) is 13.9 Å². The topological polar surface area (TPSA) is 86.8 Å². The van der Waals surface area contributed by atoms with Crippen molar-refractivity contribution in [2.24, 2.45) is 0 Å². The number of benzene rings is 3. The largest absolute Gasteiger partial charge is 0.352 e. The Morgan fingerprint density at radius 3 is 1.93 bits per heavy atom. The van der Waals surface area contributed by atoms with E-state index in [0.717, 1.165) is 38.5 Å². The molecule has 0 bridgehead atoms. The molecule has 3 rings (SSSR count). The van der Waals surface area contributed by atoms with E-state index in [2.05, 4.69) is 5.32 Å². The van der Waals surface area contributed by atoms with Crippen molar-refractivity contribution < 1.29 is 18.0 Å². The second-order valence-electron chi connectivity index (χ2n) is 10.8. The minimum absolute atomic E-state index is 0.0539. The van der Waals surface area contributed by atoms with Gasteiger partial charge in [-0.15, -0.1) is 0 Å². The van der Waals surface area contributed by atoms with Gasteiger partial charge < -0.3 is 10.2 Å². The van der Waals surface area contributed by atoms with Gasteiger partial charge in [0, 0.05) is 12.6 Å². The van der Waals surface area contributed by atoms with Gasteiger partial charge in [0.15, 0.2) is 0 Å². The van der Waals surface area contributed by atoms with Gasteiger partial charge in [0.05, 0.1) is 10.6 Å². The highest BCUT2D eigenvalue weighted by molar-refractivity contribution is 7.92. The van der Waals surface area contributed by atoms with E-state index in [0.29, 0.717) is 12.1 Å². The van der Waals surface area contributed by atoms with E-state index in [9.17, 15) is 18.0 Å². The van der Waals surface area contributed by atoms with Gasteiger partial charge >= 0.3 is 0 Å². The van der Waals surface area contributed by atoms with Crippen LogP contribution in [0.1, 0.15) is 61.4 Å². The van der Waals surface area contributed by atoms with Gasteiger partial charge in [-0.25, -0.2) is 8.42 Å². The molecule has 0 aliphatic rings. The van der Waals surface area contributed by atoms with E-state index in [1.807, 2.05) is 78.8 Å². The zero-order valence-electron chi connectivity index (χ0n) is 25.3. The summed E-state index contributed by atoms with van der Waals surface area (Å²) in [6.07, 6.45) is 1.14. The maximum Gasteiger partial charge on any atom is 0.264 e. The monoisotopic (exact) mass is 577 g/mol. The molecular formula is C33H43N3O4S. The number of aryl methyl sites for hydroxylation is 4. The molecule has 0 unspecified atom stereocenters. The SMILES string of the molecule is CC[C@H](C)NC(=O)[C@H](CC)N(Cc1ccc(C)cc1)C(=O)CN(c1ccc(C)c(C)c1)S(=O)(=O)c1ccc(C)cc1. The third-order valence-electron chi connectivity index (χ3n) is 7.53. The van der Waals surface area contributed by atoms with Crippen LogP contribution in [0.25, 0.3) is 0 Å². The maximum absolute atomic E-state index is 14.2. The van der Waals surface area contributed by atoms with Crippen molar-refractivity contribution in [1.82, 2.24) is 10.2 Å². The van der Waals surface area contributed by atoms with Gasteiger partial charge in [0.2, 0.25) is 11.8 Å². The lowest BCUT2D eigenvalue weighted by molar-refractivity contribution is -0.140. The standard InChI is InChI=1S/C33H43N3O4S/c1-8-27(7)34-33(38)31(9-2)35(21-28-15-10-23(3)11-16-28)32(37)22-36(29-17-14-25(5)26(6)20-29)41(39,40)30-18-12-24(4)13-19-30/h10-20,27,31H,8-9,21-22H2,1-7H3,(H,34,38)/t27-,31-/m0/s1. The number of hydrogen-bond donors (Lipinski definition) is 1. The van der Waals surface area contributed by atoms with Gasteiger partial charge in [0.25, 0.3) is 10.0 Å². The van der Waals surface area contributed by atoms with E-state index in [-0.39, 0.29) is 23.4 Å². The second kappa shape index (κ2) is 13.8. The Labute approximate surface area is 245 Å². The summed E-state index contributed by atoms with van der Waals surface area (Å²) in [7, 11) is -4.10. The van der Waals surface area contributed by atoms with Crippen molar-refractivity contribution in [1.29, 1.82) is 0 Å². The molecule has 1 N–H and O–H groups in total. The molecule has 220 valence electrons. The Kier molecular flexibility index (Phi) is 10.7. The summed E-state index contributed by atoms with van der Waals surface area (Å²) in [4.78, 5) is 29.2. The quantitative estimate of drug-likeness (QED) is 0.293. The minimum atomic E-state index is -4.10. The molecule has 0 spiro atoms. The van der Waals surface area contributed by atoms with Crippen molar-refractivity contribution in [3.05, 3.63) is 94.5 Å². The molecule has 3 aromatic carbocycles. The molecule has 41 heavy (non-hydrogen) atoms. The average Bonchev–Trinajstić information content (AvgIpc) is 2.94. The van der Waals surface area contributed by atoms with Crippen LogP contribution in [0, 0.1) is 27.7 Å². The lowest BCUT2D eigenvalue weighted by atomic mass is 10.1. The van der Waals surface area contributed by atoms with E-state index in [1.54, 1.807) is 36.4 Å². The van der Waals surface area contributed by atoms with Crippen molar-refractivity contribution in [2.45, 2.75) is 84.8 Å². The third kappa shape index (κ3) is 7.97. The number of hydrogen-bond acceptors (Lipinski definition) is 4. The van der Waals surface area contributed by atoms with E-state index in [1.165, 1.54) is 4.90 Å². The molecular weight excluding hydrogens is 534 g/mol. The van der Waals surface area contributed by atoms with E-state index >= 15 is 0 Å². The van der Waals surface area contributed by atoms with Crippen molar-refractivity contribution >= 4 is 27.5 Å². The van der Waals surface area contributed by atoms with Crippen LogP contribution in [0.5, 0.6) is 0 Å². The highest BCUT2D eigenvalue weighted by Crippen LogP contribution is 2.27. The number of amides is 2. The molecule has 0 aromatic heterocycles. The molecule has 0 saturated heterocycles. The Balaban J connectivity index is 2.08. The lowest BCUT2D eigenvalue weighted by Crippen LogP contribution is -2.53. The molecule has 2 atom stereocenters. The van der Waals surface area contributed by atoms with Gasteiger partial charge in [-0.05, 0) is 88.4 Å². The molecule has 3 aromatic rings. The summed E-state index contributed by atoms with van der Waals surface area (Å²) >= 11 is 0. The smallest absolute Gasteiger partial charge is 0.264 e. The van der Waals surface area contributed by atoms with Gasteiger partial charge in [-0.1, -0.05) is 67.4 Å². The number of rotatable bonds is 12. The number of nitrogens with one attached hydrogen (secondary N) is 1. The normalized spacial score (nSPS) is 12.9. The first-order chi connectivity index (χ1) is 19.4. The van der Waals surface area contributed by atoms with Gasteiger partial charge in [-0.2, -0.15) is 0 Å². The summed E-state index contributed by atoms with van der Waals surface area (Å²) < 4.78 is 29.2. The number of sulfonamides is 1. The van der Waals surface area contributed by atoms with Crippen LogP contribution in [0.2, 0.25) is 0 Å². The molecule has 0 aliphatic heterocycles. The lowest BCUT2D eigenvalue weighted by Gasteiger charge is -2.34. The van der Waals surface area contributed by atoms with Crippen LogP contribution in [-0.2, 0) is 26.2 Å². The molecule has 0 saturated carbocycles. The van der Waals surface area contributed by atoms with E-state index in [4.69, 9.17) is 0 Å². The van der Waals surface area contributed by atoms with E-state index < -0.39 is 28.5 Å². The van der Waals surface area contributed by atoms with Crippen LogP contribution in [0.4, 0.5) is 5.69 Å². The fourth-order valence-corrected chi connectivity index (χ4v) is 5.90. The maximum atomic E-state index is 14.2. The number of carbonyl (C=O) groups is 2. The van der Waals surface area contributed by atoms with Crippen LogP contribution in [0.15, 0.2) is 71.6 Å². The van der Waals surface area contributed by atoms with Crippen LogP contribution >= 0.6 is 0 Å². The number of anilines is 1. The highest BCUT2D eigenvalue weighted by atomic mass is 32.2. The summed E-state index contributed by atoms with van der Waals surface area (Å²) in [6, 6.07) is 18.9. The molecule has 0 aliphatic carbocycles. The summed E-state index contributed by atoms with van der Waals surface area (Å²) in [5.74, 6) is -0.702. The fraction of sp³-hybridized carbons (Fsp3) is 0.394. The predicted molar refractivity (Wildman–Crippen MR) is 165 cm³/mol. The Bertz CT molecular complexity index is 1450. The third-order valence-corrected chi connectivity index (χ3v) is 9.31.